The van der Waals surface area contributed by atoms with Crippen LogP contribution in [0.5, 0.6) is 0 Å². The topological polar surface area (TPSA) is 66.8 Å². The van der Waals surface area contributed by atoms with Gasteiger partial charge in [-0.05, 0) is 6.92 Å². The SMILES string of the molecule is COC(=O)N1CC=CC1(C)C(=O)O. The number of amides is 1. The number of carbonyl (C=O) groups is 2. The molecular formula is C8H11NO4. The molecule has 0 bridgehead atoms. The highest BCUT2D eigenvalue weighted by Gasteiger charge is 2.43. The van der Waals surface area contributed by atoms with Crippen LogP contribution in [0, 0.1) is 0 Å². The molecule has 1 heterocycles. The summed E-state index contributed by atoms with van der Waals surface area (Å²) in [6.07, 6.45) is 2.48. The molecule has 1 aliphatic rings. The van der Waals surface area contributed by atoms with Crippen LogP contribution in [0.4, 0.5) is 4.79 Å². The predicted octanol–water partition coefficient (Wildman–Crippen LogP) is 0.468. The van der Waals surface area contributed by atoms with Crippen molar-refractivity contribution in [2.75, 3.05) is 13.7 Å². The summed E-state index contributed by atoms with van der Waals surface area (Å²) in [5.74, 6) is -1.06. The van der Waals surface area contributed by atoms with Gasteiger partial charge in [-0.2, -0.15) is 0 Å². The first-order valence-electron chi connectivity index (χ1n) is 3.79. The summed E-state index contributed by atoms with van der Waals surface area (Å²) < 4.78 is 4.46. The number of aliphatic carboxylic acids is 1. The molecule has 0 radical (unpaired) electrons. The van der Waals surface area contributed by atoms with Crippen LogP contribution in [0.2, 0.25) is 0 Å². The average Bonchev–Trinajstić information content (AvgIpc) is 2.47. The fraction of sp³-hybridized carbons (Fsp3) is 0.500. The van der Waals surface area contributed by atoms with Crippen molar-refractivity contribution in [1.82, 2.24) is 4.90 Å². The number of carbonyl (C=O) groups excluding carboxylic acids is 1. The first-order chi connectivity index (χ1) is 6.02. The van der Waals surface area contributed by atoms with Crippen LogP contribution >= 0.6 is 0 Å². The molecular weight excluding hydrogens is 174 g/mol. The van der Waals surface area contributed by atoms with Crippen molar-refractivity contribution in [3.05, 3.63) is 12.2 Å². The van der Waals surface area contributed by atoms with Gasteiger partial charge >= 0.3 is 12.1 Å². The lowest BCUT2D eigenvalue weighted by atomic mass is 10.0. The van der Waals surface area contributed by atoms with E-state index in [4.69, 9.17) is 5.11 Å². The predicted molar refractivity (Wildman–Crippen MR) is 44.3 cm³/mol. The number of nitrogens with zero attached hydrogens (tertiary/aromatic N) is 1. The Bertz CT molecular complexity index is 273. The number of carboxylic acid groups (broad SMARTS) is 1. The molecule has 1 unspecified atom stereocenters. The molecule has 0 aromatic rings. The Balaban J connectivity index is 2.90. The lowest BCUT2D eigenvalue weighted by molar-refractivity contribution is -0.145. The van der Waals surface area contributed by atoms with Crippen LogP contribution < -0.4 is 0 Å². The van der Waals surface area contributed by atoms with Gasteiger partial charge < -0.3 is 9.84 Å². The number of rotatable bonds is 1. The van der Waals surface area contributed by atoms with Crippen LogP contribution in [0.1, 0.15) is 6.92 Å². The Morgan fingerprint density at radius 2 is 2.23 bits per heavy atom. The fourth-order valence-corrected chi connectivity index (χ4v) is 1.23. The molecule has 0 saturated heterocycles. The second kappa shape index (κ2) is 3.08. The van der Waals surface area contributed by atoms with Gasteiger partial charge in [0.25, 0.3) is 0 Å². The van der Waals surface area contributed by atoms with E-state index in [0.29, 0.717) is 0 Å². The average molecular weight is 185 g/mol. The van der Waals surface area contributed by atoms with Gasteiger partial charge in [0, 0.05) is 6.54 Å². The van der Waals surface area contributed by atoms with E-state index < -0.39 is 17.6 Å². The highest BCUT2D eigenvalue weighted by Crippen LogP contribution is 2.23. The van der Waals surface area contributed by atoms with Crippen molar-refractivity contribution in [2.24, 2.45) is 0 Å². The van der Waals surface area contributed by atoms with E-state index in [1.165, 1.54) is 20.1 Å². The Morgan fingerprint density at radius 3 is 2.69 bits per heavy atom. The minimum absolute atomic E-state index is 0.273. The molecule has 0 spiro atoms. The zero-order valence-electron chi connectivity index (χ0n) is 7.48. The molecule has 5 nitrogen and oxygen atoms in total. The summed E-state index contributed by atoms with van der Waals surface area (Å²) in [5.41, 5.74) is -1.27. The molecule has 1 N–H and O–H groups in total. The number of methoxy groups -OCH3 is 1. The molecule has 0 saturated carbocycles. The van der Waals surface area contributed by atoms with E-state index >= 15 is 0 Å². The molecule has 0 aromatic heterocycles. The summed E-state index contributed by atoms with van der Waals surface area (Å²) in [7, 11) is 1.23. The zero-order chi connectivity index (χ0) is 10.1. The van der Waals surface area contributed by atoms with Crippen molar-refractivity contribution >= 4 is 12.1 Å². The van der Waals surface area contributed by atoms with Gasteiger partial charge in [0.05, 0.1) is 7.11 Å². The number of ether oxygens (including phenoxy) is 1. The van der Waals surface area contributed by atoms with Gasteiger partial charge in [0.1, 0.15) is 0 Å². The van der Waals surface area contributed by atoms with Crippen LogP contribution in [0.15, 0.2) is 12.2 Å². The third-order valence-corrected chi connectivity index (χ3v) is 2.12. The van der Waals surface area contributed by atoms with Crippen molar-refractivity contribution < 1.29 is 19.4 Å². The molecule has 0 aromatic carbocycles. The molecule has 1 atom stereocenters. The maximum Gasteiger partial charge on any atom is 0.410 e. The summed E-state index contributed by atoms with van der Waals surface area (Å²) >= 11 is 0. The van der Waals surface area contributed by atoms with Gasteiger partial charge in [-0.3, -0.25) is 4.90 Å². The number of hydrogen-bond donors (Lipinski definition) is 1. The normalized spacial score (nSPS) is 26.2. The Kier molecular flexibility index (Phi) is 2.27. The van der Waals surface area contributed by atoms with Crippen molar-refractivity contribution in [1.29, 1.82) is 0 Å². The fourth-order valence-electron chi connectivity index (χ4n) is 1.23. The summed E-state index contributed by atoms with van der Waals surface area (Å²) in [5, 5.41) is 8.89. The van der Waals surface area contributed by atoms with E-state index in [1.807, 2.05) is 0 Å². The number of carboxylic acids is 1. The summed E-state index contributed by atoms with van der Waals surface area (Å²) in [4.78, 5) is 23.1. The van der Waals surface area contributed by atoms with Crippen LogP contribution in [0.25, 0.3) is 0 Å². The quantitative estimate of drug-likeness (QED) is 0.603. The van der Waals surface area contributed by atoms with Crippen molar-refractivity contribution in [3.8, 4) is 0 Å². The van der Waals surface area contributed by atoms with Gasteiger partial charge in [0.15, 0.2) is 5.54 Å². The van der Waals surface area contributed by atoms with Gasteiger partial charge in [-0.25, -0.2) is 9.59 Å². The molecule has 0 fully saturated rings. The van der Waals surface area contributed by atoms with E-state index in [2.05, 4.69) is 4.74 Å². The van der Waals surface area contributed by atoms with Crippen molar-refractivity contribution in [3.63, 3.8) is 0 Å². The highest BCUT2D eigenvalue weighted by molar-refractivity contribution is 5.87. The third-order valence-electron chi connectivity index (χ3n) is 2.12. The van der Waals surface area contributed by atoms with Gasteiger partial charge in [-0.1, -0.05) is 12.2 Å². The Labute approximate surface area is 75.6 Å². The van der Waals surface area contributed by atoms with E-state index in [9.17, 15) is 9.59 Å². The lowest BCUT2D eigenvalue weighted by Crippen LogP contribution is -2.50. The lowest BCUT2D eigenvalue weighted by Gasteiger charge is -2.29. The first kappa shape index (κ1) is 9.57. The maximum atomic E-state index is 11.1. The second-order valence-electron chi connectivity index (χ2n) is 2.94. The molecule has 1 rings (SSSR count). The van der Waals surface area contributed by atoms with E-state index in [1.54, 1.807) is 6.08 Å². The molecule has 0 aliphatic carbocycles. The summed E-state index contributed by atoms with van der Waals surface area (Å²) in [6, 6.07) is 0. The van der Waals surface area contributed by atoms with E-state index in [0.717, 1.165) is 4.90 Å². The third kappa shape index (κ3) is 1.37. The molecule has 13 heavy (non-hydrogen) atoms. The smallest absolute Gasteiger partial charge is 0.410 e. The molecule has 5 heteroatoms. The zero-order valence-corrected chi connectivity index (χ0v) is 7.48. The Hall–Kier alpha value is -1.52. The van der Waals surface area contributed by atoms with Gasteiger partial charge in [0.2, 0.25) is 0 Å². The monoisotopic (exact) mass is 185 g/mol. The Morgan fingerprint density at radius 1 is 1.62 bits per heavy atom. The second-order valence-corrected chi connectivity index (χ2v) is 2.94. The summed E-state index contributed by atoms with van der Waals surface area (Å²) in [6.45, 7) is 1.73. The minimum atomic E-state index is -1.27. The largest absolute Gasteiger partial charge is 0.479 e. The highest BCUT2D eigenvalue weighted by atomic mass is 16.5. The maximum absolute atomic E-state index is 11.1. The van der Waals surface area contributed by atoms with Crippen LogP contribution in [-0.2, 0) is 9.53 Å². The molecule has 1 amide bonds. The number of hydrogen-bond acceptors (Lipinski definition) is 3. The van der Waals surface area contributed by atoms with Crippen LogP contribution in [-0.4, -0.2) is 41.3 Å². The van der Waals surface area contributed by atoms with E-state index in [-0.39, 0.29) is 6.54 Å². The standard InChI is InChI=1S/C8H11NO4/c1-8(6(10)11)4-3-5-9(8)7(12)13-2/h3-4H,5H2,1-2H3,(H,10,11). The van der Waals surface area contributed by atoms with Crippen molar-refractivity contribution in [2.45, 2.75) is 12.5 Å². The molecule has 1 aliphatic heterocycles. The first-order valence-corrected chi connectivity index (χ1v) is 3.79. The van der Waals surface area contributed by atoms with Crippen LogP contribution in [0.3, 0.4) is 0 Å². The minimum Gasteiger partial charge on any atom is -0.479 e. The van der Waals surface area contributed by atoms with Gasteiger partial charge in [-0.15, -0.1) is 0 Å². The molecule has 72 valence electrons.